The third-order valence-corrected chi connectivity index (χ3v) is 3.27. The van der Waals surface area contributed by atoms with Gasteiger partial charge in [-0.3, -0.25) is 4.57 Å². The van der Waals surface area contributed by atoms with Gasteiger partial charge in [-0.05, 0) is 0 Å². The van der Waals surface area contributed by atoms with Gasteiger partial charge < -0.3 is 26.4 Å². The number of anilines is 1. The van der Waals surface area contributed by atoms with E-state index in [1.807, 2.05) is 0 Å². The number of imidazole rings is 1. The number of fused-ring (bicyclic) bond motifs is 1. The highest BCUT2D eigenvalue weighted by atomic mass is 16.5. The Bertz CT molecular complexity index is 602. The summed E-state index contributed by atoms with van der Waals surface area (Å²) in [4.78, 5) is 12.0. The van der Waals surface area contributed by atoms with Crippen LogP contribution in [-0.4, -0.2) is 54.6 Å². The Kier molecular flexibility index (Phi) is 2.82. The average Bonchev–Trinajstić information content (AvgIpc) is 2.94. The SMILES string of the molecule is Nc1ncnc2c1ncn2[C@@H]1O[C@H](CO)[C@H](N)C1O. The normalized spacial score (nSPS) is 31.1. The van der Waals surface area contributed by atoms with E-state index in [4.69, 9.17) is 21.3 Å². The molecule has 0 bridgehead atoms. The minimum atomic E-state index is -0.967. The minimum absolute atomic E-state index is 0.249. The maximum atomic E-state index is 10.1. The van der Waals surface area contributed by atoms with E-state index in [9.17, 15) is 5.11 Å². The van der Waals surface area contributed by atoms with Crippen LogP contribution in [0.4, 0.5) is 5.82 Å². The fourth-order valence-corrected chi connectivity index (χ4v) is 2.21. The first kappa shape index (κ1) is 12.2. The predicted molar refractivity (Wildman–Crippen MR) is 64.7 cm³/mol. The van der Waals surface area contributed by atoms with Gasteiger partial charge in [0, 0.05) is 0 Å². The third kappa shape index (κ3) is 1.75. The van der Waals surface area contributed by atoms with Crippen LogP contribution < -0.4 is 11.5 Å². The molecule has 0 radical (unpaired) electrons. The lowest BCUT2D eigenvalue weighted by atomic mass is 10.1. The Morgan fingerprint density at radius 2 is 2.16 bits per heavy atom. The Morgan fingerprint density at radius 1 is 1.37 bits per heavy atom. The summed E-state index contributed by atoms with van der Waals surface area (Å²) in [6.07, 6.45) is 0.408. The number of aromatic nitrogens is 4. The molecule has 2 aromatic rings. The van der Waals surface area contributed by atoms with Crippen LogP contribution in [0.15, 0.2) is 12.7 Å². The van der Waals surface area contributed by atoms with Crippen LogP contribution in [-0.2, 0) is 4.74 Å². The molecule has 102 valence electrons. The molecule has 0 spiro atoms. The second-order valence-corrected chi connectivity index (χ2v) is 4.40. The molecule has 9 heteroatoms. The number of ether oxygens (including phenoxy) is 1. The van der Waals surface area contributed by atoms with E-state index < -0.39 is 24.5 Å². The third-order valence-electron chi connectivity index (χ3n) is 3.27. The quantitative estimate of drug-likeness (QED) is 0.487. The zero-order chi connectivity index (χ0) is 13.6. The molecule has 3 heterocycles. The van der Waals surface area contributed by atoms with E-state index >= 15 is 0 Å². The molecular weight excluding hydrogens is 252 g/mol. The fourth-order valence-electron chi connectivity index (χ4n) is 2.21. The van der Waals surface area contributed by atoms with Gasteiger partial charge in [0.05, 0.1) is 19.0 Å². The fraction of sp³-hybridized carbons (Fsp3) is 0.500. The Labute approximate surface area is 107 Å². The standard InChI is InChI=1S/C10H14N6O3/c11-5-4(1-17)19-10(7(5)18)16-3-15-6-8(12)13-2-14-9(6)16/h2-5,7,10,17-18H,1,11H2,(H2,12,13,14)/t4-,5+,7?,10-/m1/s1. The summed E-state index contributed by atoms with van der Waals surface area (Å²) in [7, 11) is 0. The van der Waals surface area contributed by atoms with Crippen molar-refractivity contribution in [1.29, 1.82) is 0 Å². The van der Waals surface area contributed by atoms with Gasteiger partial charge in [0.25, 0.3) is 0 Å². The van der Waals surface area contributed by atoms with Crippen molar-refractivity contribution in [3.63, 3.8) is 0 Å². The molecule has 0 aromatic carbocycles. The molecule has 4 atom stereocenters. The highest BCUT2D eigenvalue weighted by molar-refractivity contribution is 5.81. The summed E-state index contributed by atoms with van der Waals surface area (Å²) in [6.45, 7) is -0.265. The second kappa shape index (κ2) is 4.38. The Morgan fingerprint density at radius 3 is 2.84 bits per heavy atom. The predicted octanol–water partition coefficient (Wildman–Crippen LogP) is -2.01. The van der Waals surface area contributed by atoms with Crippen molar-refractivity contribution in [2.75, 3.05) is 12.3 Å². The number of hydrogen-bond donors (Lipinski definition) is 4. The zero-order valence-electron chi connectivity index (χ0n) is 9.92. The minimum Gasteiger partial charge on any atom is -0.394 e. The number of aliphatic hydroxyl groups excluding tert-OH is 2. The molecule has 9 nitrogen and oxygen atoms in total. The maximum Gasteiger partial charge on any atom is 0.167 e. The van der Waals surface area contributed by atoms with E-state index in [0.29, 0.717) is 11.2 Å². The summed E-state index contributed by atoms with van der Waals surface area (Å²) in [5, 5.41) is 19.2. The largest absolute Gasteiger partial charge is 0.394 e. The molecule has 19 heavy (non-hydrogen) atoms. The molecule has 3 rings (SSSR count). The number of nitrogens with zero attached hydrogens (tertiary/aromatic N) is 4. The van der Waals surface area contributed by atoms with Crippen LogP contribution in [0.1, 0.15) is 6.23 Å². The molecule has 1 aliphatic heterocycles. The first-order valence-electron chi connectivity index (χ1n) is 5.76. The van der Waals surface area contributed by atoms with Crippen LogP contribution in [0.2, 0.25) is 0 Å². The molecule has 0 amide bonds. The molecule has 1 fully saturated rings. The lowest BCUT2D eigenvalue weighted by molar-refractivity contribution is -0.0488. The van der Waals surface area contributed by atoms with Crippen LogP contribution in [0.5, 0.6) is 0 Å². The molecule has 0 saturated carbocycles. The monoisotopic (exact) mass is 266 g/mol. The number of rotatable bonds is 2. The van der Waals surface area contributed by atoms with Crippen LogP contribution in [0, 0.1) is 0 Å². The molecule has 1 aliphatic rings. The van der Waals surface area contributed by atoms with E-state index in [1.54, 1.807) is 0 Å². The Hall–Kier alpha value is -1.81. The molecular formula is C10H14N6O3. The van der Waals surface area contributed by atoms with E-state index in [2.05, 4.69) is 15.0 Å². The first-order valence-corrected chi connectivity index (χ1v) is 5.76. The molecule has 1 unspecified atom stereocenters. The van der Waals surface area contributed by atoms with Crippen LogP contribution in [0.3, 0.4) is 0 Å². The van der Waals surface area contributed by atoms with Crippen molar-refractivity contribution in [3.05, 3.63) is 12.7 Å². The van der Waals surface area contributed by atoms with E-state index in [-0.39, 0.29) is 12.4 Å². The average molecular weight is 266 g/mol. The van der Waals surface area contributed by atoms with Crippen molar-refractivity contribution in [2.45, 2.75) is 24.5 Å². The summed E-state index contributed by atoms with van der Waals surface area (Å²) in [5.74, 6) is 0.249. The van der Waals surface area contributed by atoms with E-state index in [0.717, 1.165) is 0 Å². The van der Waals surface area contributed by atoms with Gasteiger partial charge in [0.2, 0.25) is 0 Å². The molecule has 0 aliphatic carbocycles. The number of nitrogen functional groups attached to an aromatic ring is 1. The molecule has 6 N–H and O–H groups in total. The summed E-state index contributed by atoms with van der Waals surface area (Å²) in [6, 6.07) is -0.674. The summed E-state index contributed by atoms with van der Waals surface area (Å²) >= 11 is 0. The van der Waals surface area contributed by atoms with Crippen LogP contribution >= 0.6 is 0 Å². The first-order chi connectivity index (χ1) is 9.13. The zero-order valence-corrected chi connectivity index (χ0v) is 9.92. The maximum absolute atomic E-state index is 10.1. The van der Waals surface area contributed by atoms with E-state index in [1.165, 1.54) is 17.2 Å². The van der Waals surface area contributed by atoms with Crippen molar-refractivity contribution >= 4 is 17.0 Å². The van der Waals surface area contributed by atoms with Gasteiger partial charge in [0.1, 0.15) is 24.1 Å². The van der Waals surface area contributed by atoms with Gasteiger partial charge in [-0.1, -0.05) is 0 Å². The topological polar surface area (TPSA) is 145 Å². The van der Waals surface area contributed by atoms with Gasteiger partial charge >= 0.3 is 0 Å². The van der Waals surface area contributed by atoms with Gasteiger partial charge in [-0.25, -0.2) is 15.0 Å². The molecule has 2 aromatic heterocycles. The van der Waals surface area contributed by atoms with Crippen molar-refractivity contribution < 1.29 is 14.9 Å². The lowest BCUT2D eigenvalue weighted by Crippen LogP contribution is -2.41. The highest BCUT2D eigenvalue weighted by Gasteiger charge is 2.42. The second-order valence-electron chi connectivity index (χ2n) is 4.40. The van der Waals surface area contributed by atoms with Gasteiger partial charge in [0.15, 0.2) is 17.7 Å². The number of aliphatic hydroxyl groups is 2. The van der Waals surface area contributed by atoms with Gasteiger partial charge in [-0.15, -0.1) is 0 Å². The van der Waals surface area contributed by atoms with Crippen LogP contribution in [0.25, 0.3) is 11.2 Å². The summed E-state index contributed by atoms with van der Waals surface area (Å²) in [5.41, 5.74) is 12.3. The van der Waals surface area contributed by atoms with Crippen molar-refractivity contribution in [1.82, 2.24) is 19.5 Å². The summed E-state index contributed by atoms with van der Waals surface area (Å²) < 4.78 is 7.06. The van der Waals surface area contributed by atoms with Crippen molar-refractivity contribution in [2.24, 2.45) is 5.73 Å². The molecule has 1 saturated heterocycles. The smallest absolute Gasteiger partial charge is 0.167 e. The van der Waals surface area contributed by atoms with Crippen molar-refractivity contribution in [3.8, 4) is 0 Å². The number of nitrogens with two attached hydrogens (primary N) is 2. The lowest BCUT2D eigenvalue weighted by Gasteiger charge is -2.16. The Balaban J connectivity index is 2.04. The number of hydrogen-bond acceptors (Lipinski definition) is 8. The van der Waals surface area contributed by atoms with Gasteiger partial charge in [-0.2, -0.15) is 0 Å². The highest BCUT2D eigenvalue weighted by Crippen LogP contribution is 2.30.